The van der Waals surface area contributed by atoms with Crippen LogP contribution < -0.4 is 9.88 Å². The second-order valence-electron chi connectivity index (χ2n) is 4.70. The Hall–Kier alpha value is -1.16. The molecule has 1 saturated heterocycles. The molecule has 94 valence electrons. The molecule has 0 amide bonds. The Labute approximate surface area is 103 Å². The molecule has 0 aliphatic carbocycles. The van der Waals surface area contributed by atoms with Crippen LogP contribution in [0.5, 0.6) is 0 Å². The normalized spacial score (nSPS) is 23.8. The monoisotopic (exact) mass is 234 g/mol. The summed E-state index contributed by atoms with van der Waals surface area (Å²) in [6.07, 6.45) is 10.1. The molecule has 17 heavy (non-hydrogen) atoms. The summed E-state index contributed by atoms with van der Waals surface area (Å²) in [5.41, 5.74) is 0. The van der Waals surface area contributed by atoms with Crippen LogP contribution in [-0.2, 0) is 0 Å². The third-order valence-electron chi connectivity index (χ3n) is 3.33. The minimum absolute atomic E-state index is 0.843. The lowest BCUT2D eigenvalue weighted by Crippen LogP contribution is -3.15. The zero-order valence-corrected chi connectivity index (χ0v) is 10.7. The maximum absolute atomic E-state index is 4.59. The lowest BCUT2D eigenvalue weighted by Gasteiger charge is -2.21. The van der Waals surface area contributed by atoms with Gasteiger partial charge in [0.15, 0.2) is 5.84 Å². The van der Waals surface area contributed by atoms with Gasteiger partial charge >= 0.3 is 0 Å². The van der Waals surface area contributed by atoms with Crippen molar-refractivity contribution in [2.24, 2.45) is 4.99 Å². The fraction of sp³-hybridized carbons (Fsp3) is 0.692. The molecule has 2 aliphatic heterocycles. The highest BCUT2D eigenvalue weighted by Gasteiger charge is 2.21. The van der Waals surface area contributed by atoms with Gasteiger partial charge in [0.2, 0.25) is 0 Å². The van der Waals surface area contributed by atoms with Crippen molar-refractivity contribution in [3.8, 4) is 0 Å². The molecule has 1 aromatic heterocycles. The first-order valence-electron chi connectivity index (χ1n) is 6.65. The van der Waals surface area contributed by atoms with Crippen molar-refractivity contribution in [2.75, 3.05) is 19.6 Å². The number of hydrogen-bond donors (Lipinski definition) is 1. The summed E-state index contributed by atoms with van der Waals surface area (Å²) in [7, 11) is 0. The molecule has 1 aromatic rings. The van der Waals surface area contributed by atoms with Crippen LogP contribution in [0.15, 0.2) is 17.4 Å². The molecule has 3 rings (SSSR count). The van der Waals surface area contributed by atoms with Crippen LogP contribution in [0, 0.1) is 6.92 Å². The molecule has 3 heterocycles. The van der Waals surface area contributed by atoms with Crippen LogP contribution in [0.2, 0.25) is 0 Å². The summed E-state index contributed by atoms with van der Waals surface area (Å²) in [5.74, 6) is 2.32. The third-order valence-corrected chi connectivity index (χ3v) is 3.33. The lowest BCUT2D eigenvalue weighted by atomic mass is 10.2. The molecule has 4 nitrogen and oxygen atoms in total. The molecule has 1 unspecified atom stereocenters. The van der Waals surface area contributed by atoms with Crippen molar-refractivity contribution >= 4 is 5.84 Å². The highest BCUT2D eigenvalue weighted by Crippen LogP contribution is 2.03. The Kier molecular flexibility index (Phi) is 4.74. The quantitative estimate of drug-likeness (QED) is 0.714. The van der Waals surface area contributed by atoms with E-state index in [1.165, 1.54) is 51.0 Å². The number of quaternary nitrogens is 1. The van der Waals surface area contributed by atoms with Crippen molar-refractivity contribution in [2.45, 2.75) is 39.0 Å². The van der Waals surface area contributed by atoms with Gasteiger partial charge in [-0.1, -0.05) is 18.2 Å². The van der Waals surface area contributed by atoms with Crippen LogP contribution in [0.25, 0.3) is 0 Å². The van der Waals surface area contributed by atoms with Crippen molar-refractivity contribution in [3.63, 3.8) is 0 Å². The Bertz CT molecular complexity index is 342. The largest absolute Gasteiger partial charge is 0.447 e. The van der Waals surface area contributed by atoms with Crippen LogP contribution in [0.1, 0.15) is 37.9 Å². The molecule has 0 aromatic carbocycles. The van der Waals surface area contributed by atoms with Gasteiger partial charge in [-0.3, -0.25) is 4.90 Å². The molecule has 2 aliphatic rings. The third kappa shape index (κ3) is 3.97. The average Bonchev–Trinajstić information content (AvgIpc) is 2.70. The maximum Gasteiger partial charge on any atom is 0.196 e. The van der Waals surface area contributed by atoms with E-state index in [4.69, 9.17) is 0 Å². The first-order chi connectivity index (χ1) is 8.36. The highest BCUT2D eigenvalue weighted by atomic mass is 15.2. The number of aliphatic imine (C=N–C) groups is 1. The number of amidine groups is 1. The van der Waals surface area contributed by atoms with Crippen LogP contribution in [-0.4, -0.2) is 30.5 Å². The van der Waals surface area contributed by atoms with E-state index in [0.717, 1.165) is 12.4 Å². The van der Waals surface area contributed by atoms with Gasteiger partial charge in [-0.2, -0.15) is 0 Å². The number of imidazole rings is 1. The summed E-state index contributed by atoms with van der Waals surface area (Å²) >= 11 is 0. The van der Waals surface area contributed by atoms with Crippen molar-refractivity contribution < 1.29 is 4.90 Å². The number of fused-ring (bicyclic) bond motifs is 1. The summed E-state index contributed by atoms with van der Waals surface area (Å²) in [5, 5.41) is 0. The van der Waals surface area contributed by atoms with E-state index >= 15 is 0 Å². The number of aryl methyl sites for hydroxylation is 1. The first kappa shape index (κ1) is 12.3. The Morgan fingerprint density at radius 1 is 1.18 bits per heavy atom. The molecule has 0 saturated carbocycles. The smallest absolute Gasteiger partial charge is 0.196 e. The molecular formula is C13H22N4. The van der Waals surface area contributed by atoms with Gasteiger partial charge in [0.1, 0.15) is 0 Å². The zero-order chi connectivity index (χ0) is 11.9. The maximum atomic E-state index is 4.59. The fourth-order valence-corrected chi connectivity index (χ4v) is 2.41. The number of rotatable bonds is 0. The number of nitrogens with one attached hydrogen (secondary N) is 1. The van der Waals surface area contributed by atoms with Gasteiger partial charge in [0.05, 0.1) is 13.1 Å². The number of nitrogens with zero attached hydrogens (tertiary/aromatic N) is 3. The molecule has 0 radical (unpaired) electrons. The molecular weight excluding hydrogens is 212 g/mol. The van der Waals surface area contributed by atoms with E-state index in [0.29, 0.717) is 0 Å². The summed E-state index contributed by atoms with van der Waals surface area (Å²) in [6.45, 7) is 5.65. The van der Waals surface area contributed by atoms with Gasteiger partial charge < -0.3 is 9.97 Å². The van der Waals surface area contributed by atoms with Crippen molar-refractivity contribution in [1.29, 1.82) is 0 Å². The Morgan fingerprint density at radius 2 is 2.06 bits per heavy atom. The predicted octanol–water partition coefficient (Wildman–Crippen LogP) is 0.595. The average molecular weight is 234 g/mol. The zero-order valence-electron chi connectivity index (χ0n) is 10.7. The molecule has 0 bridgehead atoms. The molecule has 4 heteroatoms. The highest BCUT2D eigenvalue weighted by molar-refractivity contribution is 5.73. The minimum atomic E-state index is 0.843. The van der Waals surface area contributed by atoms with Gasteiger partial charge in [0.25, 0.3) is 0 Å². The molecule has 1 atom stereocenters. The SMILES string of the molecule is C1CCC2=NCCC[NH+]2CC1.Cc1ncc[n-]1. The molecule has 0 spiro atoms. The number of aromatic nitrogens is 2. The van der Waals surface area contributed by atoms with Gasteiger partial charge in [0, 0.05) is 19.4 Å². The molecule has 1 fully saturated rings. The summed E-state index contributed by atoms with van der Waals surface area (Å²) in [4.78, 5) is 13.9. The van der Waals surface area contributed by atoms with E-state index in [-0.39, 0.29) is 0 Å². The summed E-state index contributed by atoms with van der Waals surface area (Å²) in [6, 6.07) is 0. The second-order valence-corrected chi connectivity index (χ2v) is 4.70. The lowest BCUT2D eigenvalue weighted by molar-refractivity contribution is -0.809. The topological polar surface area (TPSA) is 43.8 Å². The summed E-state index contributed by atoms with van der Waals surface area (Å²) < 4.78 is 0. The predicted molar refractivity (Wildman–Crippen MR) is 68.4 cm³/mol. The van der Waals surface area contributed by atoms with E-state index in [2.05, 4.69) is 15.0 Å². The van der Waals surface area contributed by atoms with E-state index in [9.17, 15) is 0 Å². The first-order valence-corrected chi connectivity index (χ1v) is 6.65. The van der Waals surface area contributed by atoms with Crippen LogP contribution in [0.3, 0.4) is 0 Å². The Balaban J connectivity index is 0.000000153. The minimum Gasteiger partial charge on any atom is -0.447 e. The van der Waals surface area contributed by atoms with Crippen LogP contribution >= 0.6 is 0 Å². The fourth-order valence-electron chi connectivity index (χ4n) is 2.41. The molecule has 1 N–H and O–H groups in total. The van der Waals surface area contributed by atoms with E-state index < -0.39 is 0 Å². The van der Waals surface area contributed by atoms with E-state index in [1.54, 1.807) is 17.3 Å². The van der Waals surface area contributed by atoms with Gasteiger partial charge in [-0.05, 0) is 26.2 Å². The second kappa shape index (κ2) is 6.55. The van der Waals surface area contributed by atoms with Crippen molar-refractivity contribution in [3.05, 3.63) is 18.2 Å². The van der Waals surface area contributed by atoms with Crippen LogP contribution in [0.4, 0.5) is 0 Å². The number of hydrogen-bond acceptors (Lipinski definition) is 2. The van der Waals surface area contributed by atoms with Crippen molar-refractivity contribution in [1.82, 2.24) is 9.97 Å². The van der Waals surface area contributed by atoms with Gasteiger partial charge in [-0.15, -0.1) is 0 Å². The van der Waals surface area contributed by atoms with Gasteiger partial charge in [-0.25, -0.2) is 4.99 Å². The van der Waals surface area contributed by atoms with E-state index in [1.807, 2.05) is 6.92 Å². The standard InChI is InChI=1S/C9H16N2.C4H5N2/c1-2-5-9-10-6-4-8-11(9)7-3-1;1-4-5-2-3-6-4/h1-8H2;2-3H,1H3/q;-1/p+1. The Morgan fingerprint density at radius 3 is 2.76 bits per heavy atom.